The molecule has 0 radical (unpaired) electrons. The van der Waals surface area contributed by atoms with Crippen LogP contribution in [0.15, 0.2) is 0 Å². The van der Waals surface area contributed by atoms with Crippen molar-refractivity contribution in [1.82, 2.24) is 4.90 Å². The lowest BCUT2D eigenvalue weighted by Crippen LogP contribution is -2.38. The highest BCUT2D eigenvalue weighted by Gasteiger charge is 2.29. The van der Waals surface area contributed by atoms with Crippen molar-refractivity contribution in [2.45, 2.75) is 13.0 Å². The summed E-state index contributed by atoms with van der Waals surface area (Å²) in [6, 6.07) is -0.683. The molecular weight excluding hydrogens is 166 g/mol. The molecule has 1 saturated heterocycles. The lowest BCUT2D eigenvalue weighted by molar-refractivity contribution is -0.141. The largest absolute Gasteiger partial charge is 0.480 e. The molecule has 1 atom stereocenters. The molecule has 0 aromatic heterocycles. The molecule has 0 saturated carbocycles. The molecule has 1 N–H and O–H groups in total. The molecule has 0 bridgehead atoms. The molecule has 1 aliphatic heterocycles. The van der Waals surface area contributed by atoms with Gasteiger partial charge in [0.15, 0.2) is 0 Å². The average molecular weight is 175 g/mol. The van der Waals surface area contributed by atoms with Crippen molar-refractivity contribution < 1.29 is 14.7 Å². The van der Waals surface area contributed by atoms with E-state index >= 15 is 0 Å². The normalized spacial score (nSPS) is 20.5. The van der Waals surface area contributed by atoms with E-state index in [1.807, 2.05) is 0 Å². The molecule has 11 heavy (non-hydrogen) atoms. The number of rotatable bonds is 2. The lowest BCUT2D eigenvalue weighted by Gasteiger charge is -2.18. The van der Waals surface area contributed by atoms with E-state index in [0.717, 1.165) is 0 Å². The summed E-state index contributed by atoms with van der Waals surface area (Å²) >= 11 is 1.17. The third-order valence-electron chi connectivity index (χ3n) is 1.62. The van der Waals surface area contributed by atoms with Gasteiger partial charge in [-0.1, -0.05) is 11.8 Å². The summed E-state index contributed by atoms with van der Waals surface area (Å²) in [6.45, 7) is 2.07. The van der Waals surface area contributed by atoms with E-state index < -0.39 is 12.0 Å². The van der Waals surface area contributed by atoms with Crippen LogP contribution in [0.3, 0.4) is 0 Å². The molecule has 1 rings (SSSR count). The number of carbonyl (C=O) groups excluding carboxylic acids is 1. The van der Waals surface area contributed by atoms with Gasteiger partial charge in [0.25, 0.3) is 5.24 Å². The van der Waals surface area contributed by atoms with Crippen LogP contribution in [-0.4, -0.2) is 39.6 Å². The number of carbonyl (C=O) groups is 2. The van der Waals surface area contributed by atoms with E-state index in [4.69, 9.17) is 5.11 Å². The van der Waals surface area contributed by atoms with Crippen molar-refractivity contribution in [3.05, 3.63) is 0 Å². The van der Waals surface area contributed by atoms with E-state index in [1.54, 1.807) is 0 Å². The number of carboxylic acid groups (broad SMARTS) is 1. The number of hydrogen-bond donors (Lipinski definition) is 1. The fourth-order valence-electron chi connectivity index (χ4n) is 0.891. The predicted octanol–water partition coefficient (Wildman–Crippen LogP) is 0.628. The summed E-state index contributed by atoms with van der Waals surface area (Å²) in [5, 5.41) is 8.43. The molecule has 0 aromatic rings. The van der Waals surface area contributed by atoms with Gasteiger partial charge in [-0.25, -0.2) is 4.79 Å². The van der Waals surface area contributed by atoms with Crippen LogP contribution in [0.5, 0.6) is 0 Å². The second-order valence-electron chi connectivity index (χ2n) is 2.32. The van der Waals surface area contributed by atoms with Gasteiger partial charge in [-0.2, -0.15) is 0 Å². The lowest BCUT2D eigenvalue weighted by atomic mass is 10.3. The van der Waals surface area contributed by atoms with Crippen LogP contribution in [0.1, 0.15) is 6.92 Å². The van der Waals surface area contributed by atoms with Crippen LogP contribution in [0, 0.1) is 0 Å². The number of nitrogens with zero attached hydrogens (tertiary/aromatic N) is 1. The summed E-state index contributed by atoms with van der Waals surface area (Å²) in [6.07, 6.45) is 0. The quantitative estimate of drug-likeness (QED) is 0.668. The van der Waals surface area contributed by atoms with Crippen LogP contribution >= 0.6 is 11.8 Å². The van der Waals surface area contributed by atoms with Crippen molar-refractivity contribution in [3.63, 3.8) is 0 Å². The number of aliphatic carboxylic acids is 1. The summed E-state index contributed by atoms with van der Waals surface area (Å²) in [7, 11) is 0. The first-order valence-electron chi connectivity index (χ1n) is 3.29. The van der Waals surface area contributed by atoms with E-state index in [0.29, 0.717) is 12.3 Å². The Morgan fingerprint density at radius 2 is 2.45 bits per heavy atom. The Balaban J connectivity index is 2.59. The molecule has 0 spiro atoms. The van der Waals surface area contributed by atoms with Crippen molar-refractivity contribution in [1.29, 1.82) is 0 Å². The minimum atomic E-state index is -0.944. The third-order valence-corrected chi connectivity index (χ3v) is 2.49. The van der Waals surface area contributed by atoms with Gasteiger partial charge >= 0.3 is 5.97 Å². The standard InChI is InChI=1S/C6H9NO3S/c1-4(5(8)9)7-2-3-11-6(7)10/h4H,2-3H2,1H3,(H,8,9). The van der Waals surface area contributed by atoms with Gasteiger partial charge in [0.05, 0.1) is 0 Å². The first kappa shape index (κ1) is 8.39. The van der Waals surface area contributed by atoms with Crippen LogP contribution in [0.25, 0.3) is 0 Å². The summed E-state index contributed by atoms with van der Waals surface area (Å²) in [5.41, 5.74) is 0. The molecule has 1 unspecified atom stereocenters. The average Bonchev–Trinajstić information content (AvgIpc) is 2.33. The zero-order valence-electron chi connectivity index (χ0n) is 6.11. The van der Waals surface area contributed by atoms with Gasteiger partial charge in [0, 0.05) is 12.3 Å². The van der Waals surface area contributed by atoms with Gasteiger partial charge < -0.3 is 10.0 Å². The SMILES string of the molecule is CC(C(=O)O)N1CCSC1=O. The van der Waals surface area contributed by atoms with Crippen LogP contribution < -0.4 is 0 Å². The highest BCUT2D eigenvalue weighted by Crippen LogP contribution is 2.19. The Morgan fingerprint density at radius 1 is 1.82 bits per heavy atom. The number of amides is 1. The highest BCUT2D eigenvalue weighted by molar-refractivity contribution is 8.13. The fraction of sp³-hybridized carbons (Fsp3) is 0.667. The van der Waals surface area contributed by atoms with E-state index in [1.165, 1.54) is 23.6 Å². The zero-order valence-corrected chi connectivity index (χ0v) is 6.93. The summed E-state index contributed by atoms with van der Waals surface area (Å²) in [5.74, 6) is -0.239. The van der Waals surface area contributed by atoms with Gasteiger partial charge in [-0.05, 0) is 6.92 Å². The first-order valence-corrected chi connectivity index (χ1v) is 4.27. The second kappa shape index (κ2) is 3.13. The molecule has 1 amide bonds. The fourth-order valence-corrected chi connectivity index (χ4v) is 1.77. The van der Waals surface area contributed by atoms with Crippen molar-refractivity contribution >= 4 is 23.0 Å². The maximum absolute atomic E-state index is 10.9. The van der Waals surface area contributed by atoms with Crippen molar-refractivity contribution in [2.24, 2.45) is 0 Å². The Hall–Kier alpha value is -0.710. The molecular formula is C6H9NO3S. The molecule has 0 aromatic carbocycles. The number of hydrogen-bond acceptors (Lipinski definition) is 3. The topological polar surface area (TPSA) is 57.6 Å². The van der Waals surface area contributed by atoms with E-state index in [9.17, 15) is 9.59 Å². The van der Waals surface area contributed by atoms with Crippen molar-refractivity contribution in [2.75, 3.05) is 12.3 Å². The van der Waals surface area contributed by atoms with Crippen LogP contribution in [0.2, 0.25) is 0 Å². The maximum atomic E-state index is 10.9. The molecule has 1 heterocycles. The molecule has 0 aliphatic carbocycles. The van der Waals surface area contributed by atoms with Crippen LogP contribution in [0.4, 0.5) is 4.79 Å². The smallest absolute Gasteiger partial charge is 0.326 e. The molecule has 5 heteroatoms. The summed E-state index contributed by atoms with van der Waals surface area (Å²) in [4.78, 5) is 22.7. The number of thioether (sulfide) groups is 1. The summed E-state index contributed by atoms with van der Waals surface area (Å²) < 4.78 is 0. The van der Waals surface area contributed by atoms with Gasteiger partial charge in [0.2, 0.25) is 0 Å². The zero-order chi connectivity index (χ0) is 8.43. The van der Waals surface area contributed by atoms with Crippen molar-refractivity contribution in [3.8, 4) is 0 Å². The Morgan fingerprint density at radius 3 is 2.82 bits per heavy atom. The Bertz CT molecular complexity index is 194. The minimum absolute atomic E-state index is 0.125. The predicted molar refractivity (Wildman–Crippen MR) is 41.7 cm³/mol. The van der Waals surface area contributed by atoms with E-state index in [-0.39, 0.29) is 5.24 Å². The first-order chi connectivity index (χ1) is 5.13. The van der Waals surface area contributed by atoms with Gasteiger partial charge in [0.1, 0.15) is 6.04 Å². The second-order valence-corrected chi connectivity index (χ2v) is 3.37. The number of carboxylic acids is 1. The van der Waals surface area contributed by atoms with E-state index in [2.05, 4.69) is 0 Å². The molecule has 1 fully saturated rings. The molecule has 1 aliphatic rings. The minimum Gasteiger partial charge on any atom is -0.480 e. The monoisotopic (exact) mass is 175 g/mol. The van der Waals surface area contributed by atoms with Gasteiger partial charge in [-0.3, -0.25) is 4.79 Å². The maximum Gasteiger partial charge on any atom is 0.326 e. The Labute approximate surface area is 68.6 Å². The third kappa shape index (κ3) is 1.65. The molecule has 62 valence electrons. The molecule has 4 nitrogen and oxygen atoms in total. The Kier molecular flexibility index (Phi) is 2.38. The highest BCUT2D eigenvalue weighted by atomic mass is 32.2. The van der Waals surface area contributed by atoms with Crippen LogP contribution in [-0.2, 0) is 4.79 Å². The van der Waals surface area contributed by atoms with Gasteiger partial charge in [-0.15, -0.1) is 0 Å².